The van der Waals surface area contributed by atoms with E-state index in [1.807, 2.05) is 26.0 Å². The van der Waals surface area contributed by atoms with Crippen LogP contribution in [0.3, 0.4) is 0 Å². The van der Waals surface area contributed by atoms with Crippen LogP contribution < -0.4 is 5.32 Å². The minimum absolute atomic E-state index is 0.341. The fourth-order valence-corrected chi connectivity index (χ4v) is 1.62. The lowest BCUT2D eigenvalue weighted by Gasteiger charge is -2.07. The lowest BCUT2D eigenvalue weighted by Crippen LogP contribution is -2.33. The molecule has 1 aromatic rings. The SMILES string of the molecule is CCCc1ccc(C(=O)C(=O)NCC(C)C)cc1. The zero-order valence-electron chi connectivity index (χ0n) is 11.3. The van der Waals surface area contributed by atoms with Gasteiger partial charge in [0.1, 0.15) is 0 Å². The molecule has 3 heteroatoms. The number of rotatable bonds is 6. The summed E-state index contributed by atoms with van der Waals surface area (Å²) in [6, 6.07) is 7.27. The molecule has 0 unspecified atom stereocenters. The first-order chi connectivity index (χ1) is 8.54. The summed E-state index contributed by atoms with van der Waals surface area (Å²) in [5, 5.41) is 2.63. The third-order valence-electron chi connectivity index (χ3n) is 2.63. The van der Waals surface area contributed by atoms with Crippen LogP contribution in [-0.2, 0) is 11.2 Å². The van der Waals surface area contributed by atoms with Gasteiger partial charge in [-0.3, -0.25) is 9.59 Å². The van der Waals surface area contributed by atoms with Gasteiger partial charge in [-0.25, -0.2) is 0 Å². The van der Waals surface area contributed by atoms with E-state index in [0.29, 0.717) is 18.0 Å². The first-order valence-electron chi connectivity index (χ1n) is 6.46. The molecule has 1 rings (SSSR count). The van der Waals surface area contributed by atoms with Gasteiger partial charge in [0.25, 0.3) is 5.91 Å². The van der Waals surface area contributed by atoms with Gasteiger partial charge < -0.3 is 5.32 Å². The molecule has 0 fully saturated rings. The molecule has 3 nitrogen and oxygen atoms in total. The topological polar surface area (TPSA) is 46.2 Å². The summed E-state index contributed by atoms with van der Waals surface area (Å²) in [7, 11) is 0. The Balaban J connectivity index is 2.63. The molecule has 1 amide bonds. The molecule has 0 radical (unpaired) electrons. The van der Waals surface area contributed by atoms with E-state index in [2.05, 4.69) is 12.2 Å². The molecule has 0 aliphatic rings. The number of Topliss-reactive ketones (excluding diaryl/α,β-unsaturated/α-hetero) is 1. The van der Waals surface area contributed by atoms with Crippen molar-refractivity contribution in [3.05, 3.63) is 35.4 Å². The Kier molecular flexibility index (Phi) is 5.56. The summed E-state index contributed by atoms with van der Waals surface area (Å²) in [6.07, 6.45) is 2.07. The summed E-state index contributed by atoms with van der Waals surface area (Å²) in [5.41, 5.74) is 1.65. The molecule has 98 valence electrons. The second kappa shape index (κ2) is 6.94. The summed E-state index contributed by atoms with van der Waals surface area (Å²) in [4.78, 5) is 23.4. The Hall–Kier alpha value is -1.64. The molecule has 1 aromatic carbocycles. The Bertz CT molecular complexity index is 407. The predicted molar refractivity (Wildman–Crippen MR) is 72.6 cm³/mol. The standard InChI is InChI=1S/C15H21NO2/c1-4-5-12-6-8-13(9-7-12)14(17)15(18)16-10-11(2)3/h6-9,11H,4-5,10H2,1-3H3,(H,16,18). The van der Waals surface area contributed by atoms with Gasteiger partial charge in [0, 0.05) is 12.1 Å². The van der Waals surface area contributed by atoms with Gasteiger partial charge in [-0.1, -0.05) is 51.5 Å². The first-order valence-corrected chi connectivity index (χ1v) is 6.46. The van der Waals surface area contributed by atoms with E-state index in [0.717, 1.165) is 12.8 Å². The maximum Gasteiger partial charge on any atom is 0.292 e. The highest BCUT2D eigenvalue weighted by Crippen LogP contribution is 2.07. The van der Waals surface area contributed by atoms with Crippen molar-refractivity contribution in [1.29, 1.82) is 0 Å². The third kappa shape index (κ3) is 4.32. The molecule has 0 aromatic heterocycles. The van der Waals surface area contributed by atoms with Gasteiger partial charge in [0.15, 0.2) is 0 Å². The molecule has 0 spiro atoms. The van der Waals surface area contributed by atoms with Crippen LogP contribution in [0.4, 0.5) is 0 Å². The summed E-state index contributed by atoms with van der Waals surface area (Å²) in [6.45, 7) is 6.62. The van der Waals surface area contributed by atoms with Gasteiger partial charge in [-0.15, -0.1) is 0 Å². The number of benzene rings is 1. The Morgan fingerprint density at radius 2 is 1.78 bits per heavy atom. The molecule has 0 aliphatic heterocycles. The van der Waals surface area contributed by atoms with Crippen molar-refractivity contribution < 1.29 is 9.59 Å². The molecule has 18 heavy (non-hydrogen) atoms. The second-order valence-electron chi connectivity index (χ2n) is 4.88. The minimum Gasteiger partial charge on any atom is -0.349 e. The lowest BCUT2D eigenvalue weighted by molar-refractivity contribution is -0.117. The molecule has 0 aliphatic carbocycles. The van der Waals surface area contributed by atoms with E-state index in [1.165, 1.54) is 5.56 Å². The van der Waals surface area contributed by atoms with Crippen LogP contribution in [0.25, 0.3) is 0 Å². The van der Waals surface area contributed by atoms with Crippen molar-refractivity contribution in [2.75, 3.05) is 6.54 Å². The molecule has 0 saturated carbocycles. The van der Waals surface area contributed by atoms with Crippen LogP contribution in [0.1, 0.15) is 43.1 Å². The largest absolute Gasteiger partial charge is 0.349 e. The van der Waals surface area contributed by atoms with Crippen molar-refractivity contribution in [3.8, 4) is 0 Å². The average Bonchev–Trinajstić information content (AvgIpc) is 2.36. The highest BCUT2D eigenvalue weighted by molar-refractivity contribution is 6.42. The number of carbonyl (C=O) groups excluding carboxylic acids is 2. The van der Waals surface area contributed by atoms with Crippen molar-refractivity contribution in [1.82, 2.24) is 5.32 Å². The zero-order chi connectivity index (χ0) is 13.5. The smallest absolute Gasteiger partial charge is 0.292 e. The van der Waals surface area contributed by atoms with Gasteiger partial charge >= 0.3 is 0 Å². The molecule has 1 N–H and O–H groups in total. The Labute approximate surface area is 109 Å². The number of ketones is 1. The molecule has 0 saturated heterocycles. The first kappa shape index (κ1) is 14.4. The normalized spacial score (nSPS) is 10.4. The van der Waals surface area contributed by atoms with Crippen LogP contribution in [0, 0.1) is 5.92 Å². The summed E-state index contributed by atoms with van der Waals surface area (Å²) >= 11 is 0. The number of aryl methyl sites for hydroxylation is 1. The highest BCUT2D eigenvalue weighted by Gasteiger charge is 2.15. The fraction of sp³-hybridized carbons (Fsp3) is 0.467. The van der Waals surface area contributed by atoms with Gasteiger partial charge in [0.05, 0.1) is 0 Å². The van der Waals surface area contributed by atoms with E-state index >= 15 is 0 Å². The van der Waals surface area contributed by atoms with Crippen LogP contribution in [0.5, 0.6) is 0 Å². The van der Waals surface area contributed by atoms with Gasteiger partial charge in [-0.2, -0.15) is 0 Å². The molecular formula is C15H21NO2. The van der Waals surface area contributed by atoms with Crippen LogP contribution in [-0.4, -0.2) is 18.2 Å². The third-order valence-corrected chi connectivity index (χ3v) is 2.63. The van der Waals surface area contributed by atoms with E-state index in [-0.39, 0.29) is 0 Å². The van der Waals surface area contributed by atoms with Crippen molar-refractivity contribution in [2.45, 2.75) is 33.6 Å². The maximum atomic E-state index is 11.8. The minimum atomic E-state index is -0.521. The lowest BCUT2D eigenvalue weighted by atomic mass is 10.0. The fourth-order valence-electron chi connectivity index (χ4n) is 1.62. The van der Waals surface area contributed by atoms with Crippen molar-refractivity contribution in [3.63, 3.8) is 0 Å². The monoisotopic (exact) mass is 247 g/mol. The Morgan fingerprint density at radius 3 is 2.28 bits per heavy atom. The number of hydrogen-bond donors (Lipinski definition) is 1. The quantitative estimate of drug-likeness (QED) is 0.620. The van der Waals surface area contributed by atoms with Crippen molar-refractivity contribution in [2.24, 2.45) is 5.92 Å². The summed E-state index contributed by atoms with van der Waals surface area (Å²) in [5.74, 6) is -0.640. The molecule has 0 atom stereocenters. The molecule has 0 heterocycles. The van der Waals surface area contributed by atoms with Crippen LogP contribution in [0.2, 0.25) is 0 Å². The van der Waals surface area contributed by atoms with E-state index in [1.54, 1.807) is 12.1 Å². The zero-order valence-corrected chi connectivity index (χ0v) is 11.3. The van der Waals surface area contributed by atoms with Crippen molar-refractivity contribution >= 4 is 11.7 Å². The van der Waals surface area contributed by atoms with Gasteiger partial charge in [-0.05, 0) is 17.9 Å². The number of carbonyl (C=O) groups is 2. The van der Waals surface area contributed by atoms with E-state index < -0.39 is 11.7 Å². The highest BCUT2D eigenvalue weighted by atomic mass is 16.2. The maximum absolute atomic E-state index is 11.8. The van der Waals surface area contributed by atoms with Crippen LogP contribution in [0.15, 0.2) is 24.3 Å². The van der Waals surface area contributed by atoms with E-state index in [9.17, 15) is 9.59 Å². The molecular weight excluding hydrogens is 226 g/mol. The number of nitrogens with one attached hydrogen (secondary N) is 1. The molecule has 0 bridgehead atoms. The second-order valence-corrected chi connectivity index (χ2v) is 4.88. The van der Waals surface area contributed by atoms with Crippen LogP contribution >= 0.6 is 0 Å². The number of hydrogen-bond acceptors (Lipinski definition) is 2. The van der Waals surface area contributed by atoms with Gasteiger partial charge in [0.2, 0.25) is 5.78 Å². The predicted octanol–water partition coefficient (Wildman–Crippen LogP) is 2.59. The number of amides is 1. The average molecular weight is 247 g/mol. The summed E-state index contributed by atoms with van der Waals surface area (Å²) < 4.78 is 0. The van der Waals surface area contributed by atoms with E-state index in [4.69, 9.17) is 0 Å². The Morgan fingerprint density at radius 1 is 1.17 bits per heavy atom.